The van der Waals surface area contributed by atoms with Crippen LogP contribution in [0.1, 0.15) is 13.8 Å². The van der Waals surface area contributed by atoms with Crippen molar-refractivity contribution in [2.24, 2.45) is 4.99 Å². The molecule has 0 aliphatic heterocycles. The van der Waals surface area contributed by atoms with Crippen LogP contribution in [-0.4, -0.2) is 48.6 Å². The van der Waals surface area contributed by atoms with Gasteiger partial charge in [-0.3, -0.25) is 4.99 Å². The summed E-state index contributed by atoms with van der Waals surface area (Å²) in [7, 11) is 1.76. The molecule has 0 amide bonds. The average Bonchev–Trinajstić information content (AvgIpc) is 2.48. The zero-order chi connectivity index (χ0) is 16.6. The zero-order valence-corrected chi connectivity index (χ0v) is 15.7. The van der Waals surface area contributed by atoms with Gasteiger partial charge in [0.25, 0.3) is 0 Å². The smallest absolute Gasteiger partial charge is 0.191 e. The van der Waals surface area contributed by atoms with Gasteiger partial charge in [0.2, 0.25) is 0 Å². The Morgan fingerprint density at radius 2 is 2.05 bits per heavy atom. The van der Waals surface area contributed by atoms with Gasteiger partial charge in [-0.15, -0.1) is 0 Å². The fraction of sp³-hybridized carbons (Fsp3) is 0.571. The van der Waals surface area contributed by atoms with Crippen LogP contribution in [0.4, 0.5) is 5.82 Å². The first kappa shape index (κ1) is 19.2. The lowest BCUT2D eigenvalue weighted by Gasteiger charge is -2.23. The van der Waals surface area contributed by atoms with Crippen LogP contribution in [0.2, 0.25) is 10.0 Å². The second-order valence-electron chi connectivity index (χ2n) is 5.23. The van der Waals surface area contributed by atoms with Crippen LogP contribution in [0.15, 0.2) is 17.3 Å². The molecular formula is C14H23Cl2N5S. The molecule has 3 N–H and O–H groups in total. The first-order valence-corrected chi connectivity index (χ1v) is 8.90. The lowest BCUT2D eigenvalue weighted by atomic mass is 10.2. The molecule has 8 heteroatoms. The minimum absolute atomic E-state index is 0.163. The Morgan fingerprint density at radius 1 is 1.32 bits per heavy atom. The van der Waals surface area contributed by atoms with E-state index in [4.69, 9.17) is 23.2 Å². The Hall–Kier alpha value is -0.850. The van der Waals surface area contributed by atoms with Crippen LogP contribution in [0, 0.1) is 0 Å². The summed E-state index contributed by atoms with van der Waals surface area (Å²) in [6.07, 6.45) is 3.67. The number of halogens is 2. The first-order chi connectivity index (χ1) is 10.4. The summed E-state index contributed by atoms with van der Waals surface area (Å²) < 4.78 is 0.163. The molecule has 0 bridgehead atoms. The summed E-state index contributed by atoms with van der Waals surface area (Å²) in [6.45, 7) is 6.58. The SMILES string of the molecule is CN=C(NCCNc1ncc(Cl)cc1Cl)NCC(C)(C)SC. The number of nitrogens with zero attached hydrogens (tertiary/aromatic N) is 2. The van der Waals surface area contributed by atoms with Crippen molar-refractivity contribution in [2.75, 3.05) is 38.3 Å². The van der Waals surface area contributed by atoms with Crippen LogP contribution in [0.25, 0.3) is 0 Å². The number of nitrogens with one attached hydrogen (secondary N) is 3. The molecule has 0 saturated heterocycles. The molecular weight excluding hydrogens is 341 g/mol. The third-order valence-corrected chi connectivity index (χ3v) is 4.72. The summed E-state index contributed by atoms with van der Waals surface area (Å²) in [4.78, 5) is 8.34. The molecule has 22 heavy (non-hydrogen) atoms. The van der Waals surface area contributed by atoms with E-state index in [9.17, 15) is 0 Å². The summed E-state index contributed by atoms with van der Waals surface area (Å²) in [5, 5.41) is 10.7. The van der Waals surface area contributed by atoms with Crippen LogP contribution in [0.3, 0.4) is 0 Å². The highest BCUT2D eigenvalue weighted by molar-refractivity contribution is 7.99. The maximum Gasteiger partial charge on any atom is 0.191 e. The Morgan fingerprint density at radius 3 is 2.64 bits per heavy atom. The van der Waals surface area contributed by atoms with Crippen molar-refractivity contribution in [3.05, 3.63) is 22.3 Å². The quantitative estimate of drug-likeness (QED) is 0.394. The molecule has 0 aliphatic carbocycles. The molecule has 0 aromatic carbocycles. The van der Waals surface area contributed by atoms with Crippen LogP contribution in [0.5, 0.6) is 0 Å². The number of aromatic nitrogens is 1. The van der Waals surface area contributed by atoms with E-state index in [1.54, 1.807) is 19.3 Å². The molecule has 0 saturated carbocycles. The fourth-order valence-electron chi connectivity index (χ4n) is 1.50. The molecule has 1 heterocycles. The van der Waals surface area contributed by atoms with E-state index in [1.807, 2.05) is 11.8 Å². The predicted molar refractivity (Wildman–Crippen MR) is 99.7 cm³/mol. The van der Waals surface area contributed by atoms with E-state index in [1.165, 1.54) is 0 Å². The van der Waals surface area contributed by atoms with Crippen molar-refractivity contribution in [1.82, 2.24) is 15.6 Å². The Bertz CT molecular complexity index is 508. The summed E-state index contributed by atoms with van der Waals surface area (Å²) >= 11 is 13.7. The van der Waals surface area contributed by atoms with E-state index in [0.717, 1.165) is 12.5 Å². The Balaban J connectivity index is 2.33. The molecule has 0 atom stereocenters. The molecule has 0 unspecified atom stereocenters. The average molecular weight is 364 g/mol. The Kier molecular flexibility index (Phi) is 8.14. The fourth-order valence-corrected chi connectivity index (χ4v) is 2.16. The number of pyridine rings is 1. The topological polar surface area (TPSA) is 61.3 Å². The molecule has 0 spiro atoms. The highest BCUT2D eigenvalue weighted by atomic mass is 35.5. The monoisotopic (exact) mass is 363 g/mol. The maximum atomic E-state index is 6.05. The normalized spacial score (nSPS) is 12.2. The number of rotatable bonds is 7. The number of guanidine groups is 1. The van der Waals surface area contributed by atoms with Crippen LogP contribution < -0.4 is 16.0 Å². The third kappa shape index (κ3) is 6.94. The molecule has 0 radical (unpaired) electrons. The Labute approximate surface area is 146 Å². The van der Waals surface area contributed by atoms with Crippen molar-refractivity contribution in [3.63, 3.8) is 0 Å². The highest BCUT2D eigenvalue weighted by Crippen LogP contribution is 2.22. The molecule has 0 aliphatic rings. The number of aliphatic imine (C=N–C) groups is 1. The van der Waals surface area contributed by atoms with Crippen LogP contribution >= 0.6 is 35.0 Å². The zero-order valence-electron chi connectivity index (χ0n) is 13.3. The van der Waals surface area contributed by atoms with Crippen molar-refractivity contribution in [1.29, 1.82) is 0 Å². The lowest BCUT2D eigenvalue weighted by Crippen LogP contribution is -2.44. The van der Waals surface area contributed by atoms with Gasteiger partial charge in [-0.25, -0.2) is 4.98 Å². The number of anilines is 1. The first-order valence-electron chi connectivity index (χ1n) is 6.92. The molecule has 124 valence electrons. The van der Waals surface area contributed by atoms with Crippen molar-refractivity contribution in [3.8, 4) is 0 Å². The highest BCUT2D eigenvalue weighted by Gasteiger charge is 2.15. The van der Waals surface area contributed by atoms with E-state index in [-0.39, 0.29) is 4.75 Å². The standard InChI is InChI=1S/C14H23Cl2N5S/c1-14(2,22-4)9-21-13(17-3)19-6-5-18-12-11(16)7-10(15)8-20-12/h7-8H,5-6,9H2,1-4H3,(H,18,20)(H2,17,19,21). The van der Waals surface area contributed by atoms with Crippen molar-refractivity contribution in [2.45, 2.75) is 18.6 Å². The van der Waals surface area contributed by atoms with E-state index < -0.39 is 0 Å². The third-order valence-electron chi connectivity index (χ3n) is 2.98. The molecule has 1 rings (SSSR count). The van der Waals surface area contributed by atoms with Gasteiger partial charge >= 0.3 is 0 Å². The molecule has 1 aromatic rings. The maximum absolute atomic E-state index is 6.05. The van der Waals surface area contributed by atoms with Gasteiger partial charge < -0.3 is 16.0 Å². The van der Waals surface area contributed by atoms with E-state index >= 15 is 0 Å². The predicted octanol–water partition coefficient (Wildman–Crippen LogP) is 3.11. The van der Waals surface area contributed by atoms with E-state index in [0.29, 0.717) is 29.0 Å². The molecule has 5 nitrogen and oxygen atoms in total. The van der Waals surface area contributed by atoms with Gasteiger partial charge in [0.15, 0.2) is 5.96 Å². The van der Waals surface area contributed by atoms with Crippen LogP contribution in [-0.2, 0) is 0 Å². The number of hydrogen-bond acceptors (Lipinski definition) is 4. The van der Waals surface area contributed by atoms with Gasteiger partial charge in [0.1, 0.15) is 5.82 Å². The number of hydrogen-bond donors (Lipinski definition) is 3. The summed E-state index contributed by atoms with van der Waals surface area (Å²) in [6, 6.07) is 1.66. The van der Waals surface area contributed by atoms with Gasteiger partial charge in [-0.2, -0.15) is 11.8 Å². The minimum atomic E-state index is 0.163. The summed E-state index contributed by atoms with van der Waals surface area (Å²) in [5.41, 5.74) is 0. The van der Waals surface area contributed by atoms with Gasteiger partial charge in [0.05, 0.1) is 10.0 Å². The summed E-state index contributed by atoms with van der Waals surface area (Å²) in [5.74, 6) is 1.40. The number of thioether (sulfide) groups is 1. The minimum Gasteiger partial charge on any atom is -0.367 e. The van der Waals surface area contributed by atoms with Crippen molar-refractivity contribution >= 4 is 46.7 Å². The van der Waals surface area contributed by atoms with Gasteiger partial charge in [0, 0.05) is 37.6 Å². The largest absolute Gasteiger partial charge is 0.367 e. The molecule has 1 aromatic heterocycles. The second kappa shape index (κ2) is 9.33. The van der Waals surface area contributed by atoms with Gasteiger partial charge in [-0.05, 0) is 26.2 Å². The van der Waals surface area contributed by atoms with Gasteiger partial charge in [-0.1, -0.05) is 23.2 Å². The lowest BCUT2D eigenvalue weighted by molar-refractivity contribution is 0.665. The van der Waals surface area contributed by atoms with E-state index in [2.05, 4.69) is 46.0 Å². The second-order valence-corrected chi connectivity index (χ2v) is 7.58. The molecule has 0 fully saturated rings. The van der Waals surface area contributed by atoms with Crippen molar-refractivity contribution < 1.29 is 0 Å².